The fourth-order valence-electron chi connectivity index (χ4n) is 2.27. The molecule has 0 heterocycles. The summed E-state index contributed by atoms with van der Waals surface area (Å²) in [5.41, 5.74) is 1.87. The Kier molecular flexibility index (Phi) is 4.00. The van der Waals surface area contributed by atoms with Crippen LogP contribution >= 0.6 is 0 Å². The molecule has 2 nitrogen and oxygen atoms in total. The molecular formula is C14H21FN2. The third kappa shape index (κ3) is 2.78. The van der Waals surface area contributed by atoms with Crippen molar-refractivity contribution in [2.45, 2.75) is 39.3 Å². The first-order valence-corrected chi connectivity index (χ1v) is 6.52. The number of hydrogen-bond donors (Lipinski definition) is 1. The lowest BCUT2D eigenvalue weighted by molar-refractivity contribution is 0.610. The van der Waals surface area contributed by atoms with Crippen LogP contribution < -0.4 is 10.2 Å². The van der Waals surface area contributed by atoms with Crippen LogP contribution in [0.15, 0.2) is 18.2 Å². The summed E-state index contributed by atoms with van der Waals surface area (Å²) in [4.78, 5) is 2.21. The van der Waals surface area contributed by atoms with Crippen molar-refractivity contribution in [2.24, 2.45) is 0 Å². The highest BCUT2D eigenvalue weighted by Crippen LogP contribution is 2.35. The van der Waals surface area contributed by atoms with Gasteiger partial charge in [0, 0.05) is 19.1 Å². The minimum atomic E-state index is -0.0887. The summed E-state index contributed by atoms with van der Waals surface area (Å²) in [5.74, 6) is -0.0887. The van der Waals surface area contributed by atoms with Crippen molar-refractivity contribution in [1.29, 1.82) is 0 Å². The molecule has 2 rings (SSSR count). The summed E-state index contributed by atoms with van der Waals surface area (Å²) >= 11 is 0. The predicted octanol–water partition coefficient (Wildman–Crippen LogP) is 2.92. The average molecular weight is 236 g/mol. The molecule has 0 amide bonds. The number of para-hydroxylation sites is 1. The Morgan fingerprint density at radius 2 is 2.12 bits per heavy atom. The van der Waals surface area contributed by atoms with Crippen LogP contribution in [-0.2, 0) is 6.54 Å². The number of nitrogens with one attached hydrogen (secondary N) is 1. The molecule has 17 heavy (non-hydrogen) atoms. The van der Waals surface area contributed by atoms with Gasteiger partial charge in [-0.3, -0.25) is 0 Å². The third-order valence-electron chi connectivity index (χ3n) is 3.25. The smallest absolute Gasteiger partial charge is 0.146 e. The van der Waals surface area contributed by atoms with Gasteiger partial charge in [0.25, 0.3) is 0 Å². The third-order valence-corrected chi connectivity index (χ3v) is 3.25. The van der Waals surface area contributed by atoms with Gasteiger partial charge in [0.15, 0.2) is 0 Å². The number of rotatable bonds is 6. The summed E-state index contributed by atoms with van der Waals surface area (Å²) in [6, 6.07) is 5.94. The maximum absolute atomic E-state index is 14.0. The zero-order valence-corrected chi connectivity index (χ0v) is 10.7. The van der Waals surface area contributed by atoms with Crippen molar-refractivity contribution >= 4 is 5.69 Å². The fourth-order valence-corrected chi connectivity index (χ4v) is 2.27. The summed E-state index contributed by atoms with van der Waals surface area (Å²) in [6.45, 7) is 6.70. The van der Waals surface area contributed by atoms with Gasteiger partial charge in [0.1, 0.15) is 5.82 Å². The molecule has 0 aliphatic heterocycles. The second-order valence-electron chi connectivity index (χ2n) is 4.55. The first kappa shape index (κ1) is 12.4. The van der Waals surface area contributed by atoms with Crippen molar-refractivity contribution in [3.63, 3.8) is 0 Å². The van der Waals surface area contributed by atoms with Gasteiger partial charge >= 0.3 is 0 Å². The number of halogens is 1. The molecule has 0 atom stereocenters. The van der Waals surface area contributed by atoms with Crippen LogP contribution in [0.25, 0.3) is 0 Å². The van der Waals surface area contributed by atoms with Gasteiger partial charge in [-0.25, -0.2) is 4.39 Å². The van der Waals surface area contributed by atoms with Crippen LogP contribution in [0.5, 0.6) is 0 Å². The zero-order chi connectivity index (χ0) is 12.3. The van der Waals surface area contributed by atoms with E-state index in [-0.39, 0.29) is 5.82 Å². The van der Waals surface area contributed by atoms with Gasteiger partial charge in [-0.15, -0.1) is 0 Å². The molecule has 1 aliphatic rings. The average Bonchev–Trinajstić information content (AvgIpc) is 3.14. The van der Waals surface area contributed by atoms with E-state index in [1.807, 2.05) is 6.07 Å². The molecule has 1 saturated carbocycles. The second kappa shape index (κ2) is 5.50. The lowest BCUT2D eigenvalue weighted by Gasteiger charge is -2.26. The minimum absolute atomic E-state index is 0.0887. The van der Waals surface area contributed by atoms with E-state index in [4.69, 9.17) is 0 Å². The van der Waals surface area contributed by atoms with Crippen molar-refractivity contribution < 1.29 is 4.39 Å². The Morgan fingerprint density at radius 1 is 1.35 bits per heavy atom. The van der Waals surface area contributed by atoms with E-state index >= 15 is 0 Å². The molecule has 3 heteroatoms. The van der Waals surface area contributed by atoms with Crippen LogP contribution in [-0.4, -0.2) is 19.1 Å². The maximum atomic E-state index is 14.0. The maximum Gasteiger partial charge on any atom is 0.146 e. The van der Waals surface area contributed by atoms with Gasteiger partial charge < -0.3 is 10.2 Å². The molecule has 0 spiro atoms. The quantitative estimate of drug-likeness (QED) is 0.817. The standard InChI is InChI=1S/C14H21FN2/c1-3-16-10-11-6-5-7-13(15)14(11)17(4-2)12-8-9-12/h5-7,12,16H,3-4,8-10H2,1-2H3. The molecule has 94 valence electrons. The fraction of sp³-hybridized carbons (Fsp3) is 0.571. The Hall–Kier alpha value is -1.09. The molecule has 0 saturated heterocycles. The Morgan fingerprint density at radius 3 is 2.71 bits per heavy atom. The van der Waals surface area contributed by atoms with E-state index in [2.05, 4.69) is 24.1 Å². The molecule has 1 fully saturated rings. The van der Waals surface area contributed by atoms with Crippen molar-refractivity contribution in [3.05, 3.63) is 29.6 Å². The van der Waals surface area contributed by atoms with Crippen molar-refractivity contribution in [2.75, 3.05) is 18.0 Å². The molecule has 0 bridgehead atoms. The lowest BCUT2D eigenvalue weighted by Crippen LogP contribution is -2.28. The van der Waals surface area contributed by atoms with Crippen LogP contribution in [0.3, 0.4) is 0 Å². The SMILES string of the molecule is CCNCc1cccc(F)c1N(CC)C1CC1. The Balaban J connectivity index is 2.27. The van der Waals surface area contributed by atoms with E-state index in [9.17, 15) is 4.39 Å². The minimum Gasteiger partial charge on any atom is -0.366 e. The molecular weight excluding hydrogens is 215 g/mol. The van der Waals surface area contributed by atoms with E-state index in [0.29, 0.717) is 6.04 Å². The summed E-state index contributed by atoms with van der Waals surface area (Å²) in [5, 5.41) is 3.28. The highest BCUT2D eigenvalue weighted by atomic mass is 19.1. The van der Waals surface area contributed by atoms with Gasteiger partial charge in [-0.2, -0.15) is 0 Å². The topological polar surface area (TPSA) is 15.3 Å². The highest BCUT2D eigenvalue weighted by Gasteiger charge is 2.30. The molecule has 0 aromatic heterocycles. The largest absolute Gasteiger partial charge is 0.366 e. The van der Waals surface area contributed by atoms with E-state index in [0.717, 1.165) is 30.9 Å². The monoisotopic (exact) mass is 236 g/mol. The lowest BCUT2D eigenvalue weighted by atomic mass is 10.1. The number of anilines is 1. The first-order valence-electron chi connectivity index (χ1n) is 6.52. The van der Waals surface area contributed by atoms with Crippen LogP contribution in [0.1, 0.15) is 32.3 Å². The van der Waals surface area contributed by atoms with Crippen molar-refractivity contribution in [1.82, 2.24) is 5.32 Å². The molecule has 1 aromatic rings. The molecule has 1 aromatic carbocycles. The Bertz CT molecular complexity index is 374. The summed E-state index contributed by atoms with van der Waals surface area (Å²) in [6.07, 6.45) is 2.39. The summed E-state index contributed by atoms with van der Waals surface area (Å²) < 4.78 is 14.0. The molecule has 0 radical (unpaired) electrons. The van der Waals surface area contributed by atoms with Crippen LogP contribution in [0.4, 0.5) is 10.1 Å². The molecule has 1 N–H and O–H groups in total. The first-order chi connectivity index (χ1) is 8.27. The van der Waals surface area contributed by atoms with Crippen molar-refractivity contribution in [3.8, 4) is 0 Å². The Labute approximate surface area is 103 Å². The second-order valence-corrected chi connectivity index (χ2v) is 4.55. The number of nitrogens with zero attached hydrogens (tertiary/aromatic N) is 1. The van der Waals surface area contributed by atoms with Gasteiger partial charge in [-0.1, -0.05) is 19.1 Å². The molecule has 1 aliphatic carbocycles. The molecule has 0 unspecified atom stereocenters. The van der Waals surface area contributed by atoms with Crippen LogP contribution in [0.2, 0.25) is 0 Å². The number of benzene rings is 1. The van der Waals surface area contributed by atoms with Gasteiger partial charge in [-0.05, 0) is 37.9 Å². The van der Waals surface area contributed by atoms with Crippen LogP contribution in [0, 0.1) is 5.82 Å². The zero-order valence-electron chi connectivity index (χ0n) is 10.7. The van der Waals surface area contributed by atoms with E-state index < -0.39 is 0 Å². The highest BCUT2D eigenvalue weighted by molar-refractivity contribution is 5.56. The van der Waals surface area contributed by atoms with E-state index in [1.54, 1.807) is 12.1 Å². The van der Waals surface area contributed by atoms with E-state index in [1.165, 1.54) is 12.8 Å². The normalized spacial score (nSPS) is 15.0. The number of hydrogen-bond acceptors (Lipinski definition) is 2. The predicted molar refractivity (Wildman–Crippen MR) is 69.8 cm³/mol. The summed E-state index contributed by atoms with van der Waals surface area (Å²) in [7, 11) is 0. The van der Waals surface area contributed by atoms with Gasteiger partial charge in [0.2, 0.25) is 0 Å². The van der Waals surface area contributed by atoms with Gasteiger partial charge in [0.05, 0.1) is 5.69 Å².